The third-order valence-corrected chi connectivity index (χ3v) is 5.99. The molecule has 0 heterocycles. The minimum atomic E-state index is 0.548. The molecule has 5 atom stereocenters. The third-order valence-electron chi connectivity index (χ3n) is 5.99. The van der Waals surface area contributed by atoms with Crippen molar-refractivity contribution in [3.8, 4) is 0 Å². The lowest BCUT2D eigenvalue weighted by Gasteiger charge is -2.38. The number of rotatable bonds is 1. The van der Waals surface area contributed by atoms with Crippen LogP contribution < -0.4 is 0 Å². The fourth-order valence-corrected chi connectivity index (χ4v) is 5.43. The van der Waals surface area contributed by atoms with Crippen LogP contribution in [-0.2, 0) is 0 Å². The standard InChI is InChI=1S/C17H30/c1-17(2,3)11-15-8-7-14-9-12-5-4-6-13(12)10-16(14)15/h12-16H,4-11H2,1-3H3. The molecule has 17 heavy (non-hydrogen) atoms. The second kappa shape index (κ2) is 4.28. The van der Waals surface area contributed by atoms with Gasteiger partial charge < -0.3 is 0 Å². The summed E-state index contributed by atoms with van der Waals surface area (Å²) in [6.45, 7) is 7.30. The maximum absolute atomic E-state index is 2.43. The molecule has 0 nitrogen and oxygen atoms in total. The highest BCUT2D eigenvalue weighted by Gasteiger charge is 2.45. The smallest absolute Gasteiger partial charge is 0.0354 e. The maximum Gasteiger partial charge on any atom is -0.0354 e. The number of hydrogen-bond acceptors (Lipinski definition) is 0. The SMILES string of the molecule is CC(C)(C)CC1CCC2CC3CCCC3CC21. The van der Waals surface area contributed by atoms with Crippen molar-refractivity contribution in [2.75, 3.05) is 0 Å². The molecule has 5 unspecified atom stereocenters. The highest BCUT2D eigenvalue weighted by atomic mass is 14.5. The molecule has 0 saturated heterocycles. The van der Waals surface area contributed by atoms with Gasteiger partial charge in [0.1, 0.15) is 0 Å². The fourth-order valence-electron chi connectivity index (χ4n) is 5.43. The van der Waals surface area contributed by atoms with Gasteiger partial charge in [0, 0.05) is 0 Å². The molecular formula is C17H30. The maximum atomic E-state index is 2.43. The van der Waals surface area contributed by atoms with Crippen LogP contribution in [0.2, 0.25) is 0 Å². The van der Waals surface area contributed by atoms with Crippen molar-refractivity contribution < 1.29 is 0 Å². The zero-order valence-corrected chi connectivity index (χ0v) is 12.0. The van der Waals surface area contributed by atoms with E-state index in [4.69, 9.17) is 0 Å². The topological polar surface area (TPSA) is 0 Å². The van der Waals surface area contributed by atoms with Crippen LogP contribution in [0.15, 0.2) is 0 Å². The van der Waals surface area contributed by atoms with E-state index in [1.165, 1.54) is 6.42 Å². The molecule has 3 fully saturated rings. The summed E-state index contributed by atoms with van der Waals surface area (Å²) in [6.07, 6.45) is 12.5. The Bertz CT molecular complexity index is 272. The van der Waals surface area contributed by atoms with Gasteiger partial charge in [0.2, 0.25) is 0 Å². The molecule has 0 aliphatic heterocycles. The fraction of sp³-hybridized carbons (Fsp3) is 1.00. The first kappa shape index (κ1) is 12.1. The summed E-state index contributed by atoms with van der Waals surface area (Å²) < 4.78 is 0. The van der Waals surface area contributed by atoms with Crippen LogP contribution in [-0.4, -0.2) is 0 Å². The normalized spacial score (nSPS) is 45.7. The van der Waals surface area contributed by atoms with Crippen LogP contribution >= 0.6 is 0 Å². The molecule has 0 aromatic heterocycles. The van der Waals surface area contributed by atoms with Gasteiger partial charge in [-0.15, -0.1) is 0 Å². The van der Waals surface area contributed by atoms with Crippen molar-refractivity contribution in [3.05, 3.63) is 0 Å². The second-order valence-electron chi connectivity index (χ2n) is 8.45. The van der Waals surface area contributed by atoms with Gasteiger partial charge in [-0.05, 0) is 67.1 Å². The molecule has 0 aromatic carbocycles. The molecule has 0 aromatic rings. The van der Waals surface area contributed by atoms with Crippen molar-refractivity contribution in [2.45, 2.75) is 72.1 Å². The number of fused-ring (bicyclic) bond motifs is 2. The lowest BCUT2D eigenvalue weighted by Crippen LogP contribution is -2.30. The summed E-state index contributed by atoms with van der Waals surface area (Å²) in [7, 11) is 0. The van der Waals surface area contributed by atoms with Gasteiger partial charge in [-0.2, -0.15) is 0 Å². The Labute approximate surface area is 108 Å². The lowest BCUT2D eigenvalue weighted by atomic mass is 9.67. The Hall–Kier alpha value is 0. The molecule has 0 amide bonds. The van der Waals surface area contributed by atoms with E-state index in [1.54, 1.807) is 44.9 Å². The first-order valence-corrected chi connectivity index (χ1v) is 8.03. The van der Waals surface area contributed by atoms with Gasteiger partial charge in [0.05, 0.1) is 0 Å². The molecule has 3 saturated carbocycles. The number of hydrogen-bond donors (Lipinski definition) is 0. The van der Waals surface area contributed by atoms with Gasteiger partial charge in [-0.1, -0.05) is 40.0 Å². The quantitative estimate of drug-likeness (QED) is 0.579. The predicted molar refractivity (Wildman–Crippen MR) is 73.8 cm³/mol. The van der Waals surface area contributed by atoms with Crippen molar-refractivity contribution >= 4 is 0 Å². The third kappa shape index (κ3) is 2.42. The van der Waals surface area contributed by atoms with Crippen LogP contribution in [0, 0.1) is 35.0 Å². The van der Waals surface area contributed by atoms with E-state index in [1.807, 2.05) is 0 Å². The van der Waals surface area contributed by atoms with E-state index in [-0.39, 0.29) is 0 Å². The van der Waals surface area contributed by atoms with E-state index in [0.717, 1.165) is 29.6 Å². The van der Waals surface area contributed by atoms with Crippen LogP contribution in [0.4, 0.5) is 0 Å². The van der Waals surface area contributed by atoms with Crippen LogP contribution in [0.3, 0.4) is 0 Å². The highest BCUT2D eigenvalue weighted by molar-refractivity contribution is 4.96. The minimum Gasteiger partial charge on any atom is -0.0602 e. The zero-order valence-electron chi connectivity index (χ0n) is 12.0. The Kier molecular flexibility index (Phi) is 3.04. The summed E-state index contributed by atoms with van der Waals surface area (Å²) in [5.74, 6) is 5.60. The summed E-state index contributed by atoms with van der Waals surface area (Å²) in [4.78, 5) is 0. The molecule has 98 valence electrons. The summed E-state index contributed by atoms with van der Waals surface area (Å²) >= 11 is 0. The zero-order chi connectivity index (χ0) is 12.0. The molecule has 3 aliphatic rings. The van der Waals surface area contributed by atoms with Gasteiger partial charge in [0.15, 0.2) is 0 Å². The summed E-state index contributed by atoms with van der Waals surface area (Å²) in [5, 5.41) is 0. The molecule has 0 spiro atoms. The second-order valence-corrected chi connectivity index (χ2v) is 8.45. The Morgan fingerprint density at radius 3 is 2.24 bits per heavy atom. The molecule has 0 N–H and O–H groups in total. The average molecular weight is 234 g/mol. The first-order valence-electron chi connectivity index (χ1n) is 8.03. The Morgan fingerprint density at radius 2 is 1.53 bits per heavy atom. The van der Waals surface area contributed by atoms with Crippen molar-refractivity contribution in [3.63, 3.8) is 0 Å². The Morgan fingerprint density at radius 1 is 0.824 bits per heavy atom. The van der Waals surface area contributed by atoms with Gasteiger partial charge in [-0.25, -0.2) is 0 Å². The minimum absolute atomic E-state index is 0.548. The average Bonchev–Trinajstić information content (AvgIpc) is 2.80. The van der Waals surface area contributed by atoms with E-state index in [9.17, 15) is 0 Å². The molecule has 0 radical (unpaired) electrons. The first-order chi connectivity index (χ1) is 8.03. The van der Waals surface area contributed by atoms with Gasteiger partial charge in [0.25, 0.3) is 0 Å². The largest absolute Gasteiger partial charge is 0.0602 e. The molecule has 0 bridgehead atoms. The van der Waals surface area contributed by atoms with E-state index in [0.29, 0.717) is 5.41 Å². The molecular weight excluding hydrogens is 204 g/mol. The van der Waals surface area contributed by atoms with Crippen molar-refractivity contribution in [2.24, 2.45) is 35.0 Å². The summed E-state index contributed by atoms with van der Waals surface area (Å²) in [5.41, 5.74) is 0.548. The van der Waals surface area contributed by atoms with Crippen LogP contribution in [0.1, 0.15) is 72.1 Å². The van der Waals surface area contributed by atoms with E-state index in [2.05, 4.69) is 20.8 Å². The van der Waals surface area contributed by atoms with E-state index >= 15 is 0 Å². The summed E-state index contributed by atoms with van der Waals surface area (Å²) in [6, 6.07) is 0. The van der Waals surface area contributed by atoms with Crippen LogP contribution in [0.5, 0.6) is 0 Å². The highest BCUT2D eigenvalue weighted by Crippen LogP contribution is 2.55. The Balaban J connectivity index is 1.67. The molecule has 3 aliphatic carbocycles. The monoisotopic (exact) mass is 234 g/mol. The van der Waals surface area contributed by atoms with Crippen molar-refractivity contribution in [1.82, 2.24) is 0 Å². The van der Waals surface area contributed by atoms with E-state index < -0.39 is 0 Å². The molecule has 0 heteroatoms. The molecule has 3 rings (SSSR count). The lowest BCUT2D eigenvalue weighted by molar-refractivity contribution is 0.113. The van der Waals surface area contributed by atoms with Gasteiger partial charge >= 0.3 is 0 Å². The van der Waals surface area contributed by atoms with Gasteiger partial charge in [-0.3, -0.25) is 0 Å². The van der Waals surface area contributed by atoms with Crippen molar-refractivity contribution in [1.29, 1.82) is 0 Å². The van der Waals surface area contributed by atoms with Crippen LogP contribution in [0.25, 0.3) is 0 Å². The predicted octanol–water partition coefficient (Wildman–Crippen LogP) is 5.28.